The molecule has 25 heavy (non-hydrogen) atoms. The Morgan fingerprint density at radius 2 is 2.12 bits per heavy atom. The van der Waals surface area contributed by atoms with E-state index in [1.165, 1.54) is 18.2 Å². The third kappa shape index (κ3) is 5.44. The van der Waals surface area contributed by atoms with Crippen LogP contribution in [0.25, 0.3) is 0 Å². The van der Waals surface area contributed by atoms with Crippen LogP contribution in [0, 0.1) is 6.92 Å². The SMILES string of the molecule is CCOc1cc(C(=O)NCCCn2nccc2C)ccc1OC(F)F. The average Bonchev–Trinajstić information content (AvgIpc) is 2.98. The molecule has 0 aliphatic heterocycles. The summed E-state index contributed by atoms with van der Waals surface area (Å²) >= 11 is 0. The number of hydrogen-bond donors (Lipinski definition) is 1. The number of hydrogen-bond acceptors (Lipinski definition) is 4. The summed E-state index contributed by atoms with van der Waals surface area (Å²) in [6, 6.07) is 6.04. The minimum absolute atomic E-state index is 0.0949. The molecular formula is C17H21F2N3O3. The van der Waals surface area contributed by atoms with Gasteiger partial charge in [0.15, 0.2) is 11.5 Å². The molecule has 0 aliphatic carbocycles. The lowest BCUT2D eigenvalue weighted by molar-refractivity contribution is -0.0514. The van der Waals surface area contributed by atoms with Crippen LogP contribution in [0.4, 0.5) is 8.78 Å². The summed E-state index contributed by atoms with van der Waals surface area (Å²) in [5.74, 6) is -0.285. The molecule has 0 aliphatic rings. The standard InChI is InChI=1S/C17H21F2N3O3/c1-3-24-15-11-13(5-6-14(15)25-17(18)19)16(23)20-8-4-10-22-12(2)7-9-21-22/h5-7,9,11,17H,3-4,8,10H2,1-2H3,(H,20,23). The van der Waals surface area contributed by atoms with Gasteiger partial charge < -0.3 is 14.8 Å². The lowest BCUT2D eigenvalue weighted by Gasteiger charge is -2.13. The van der Waals surface area contributed by atoms with Crippen molar-refractivity contribution in [1.29, 1.82) is 0 Å². The zero-order valence-corrected chi connectivity index (χ0v) is 14.2. The van der Waals surface area contributed by atoms with Gasteiger partial charge in [-0.15, -0.1) is 0 Å². The molecule has 6 nitrogen and oxygen atoms in total. The van der Waals surface area contributed by atoms with E-state index in [0.717, 1.165) is 12.1 Å². The third-order valence-corrected chi connectivity index (χ3v) is 3.48. The summed E-state index contributed by atoms with van der Waals surface area (Å²) in [5, 5.41) is 6.95. The van der Waals surface area contributed by atoms with Crippen molar-refractivity contribution >= 4 is 5.91 Å². The van der Waals surface area contributed by atoms with Crippen molar-refractivity contribution < 1.29 is 23.0 Å². The van der Waals surface area contributed by atoms with Gasteiger partial charge in [-0.1, -0.05) is 0 Å². The fourth-order valence-electron chi connectivity index (χ4n) is 2.28. The number of aromatic nitrogens is 2. The Bertz CT molecular complexity index is 704. The van der Waals surface area contributed by atoms with Crippen molar-refractivity contribution in [3.8, 4) is 11.5 Å². The molecule has 0 bridgehead atoms. The molecule has 8 heteroatoms. The van der Waals surface area contributed by atoms with Crippen LogP contribution >= 0.6 is 0 Å². The second-order valence-electron chi connectivity index (χ2n) is 5.28. The molecule has 1 aromatic heterocycles. The van der Waals surface area contributed by atoms with E-state index in [0.29, 0.717) is 18.7 Å². The van der Waals surface area contributed by atoms with Crippen LogP contribution in [0.1, 0.15) is 29.4 Å². The van der Waals surface area contributed by atoms with Gasteiger partial charge in [0.2, 0.25) is 0 Å². The zero-order valence-electron chi connectivity index (χ0n) is 14.2. The van der Waals surface area contributed by atoms with Gasteiger partial charge in [-0.3, -0.25) is 9.48 Å². The Balaban J connectivity index is 1.91. The largest absolute Gasteiger partial charge is 0.490 e. The van der Waals surface area contributed by atoms with E-state index >= 15 is 0 Å². The van der Waals surface area contributed by atoms with Gasteiger partial charge >= 0.3 is 6.61 Å². The Labute approximate surface area is 144 Å². The van der Waals surface area contributed by atoms with Gasteiger partial charge in [-0.2, -0.15) is 13.9 Å². The molecule has 136 valence electrons. The molecule has 1 heterocycles. The van der Waals surface area contributed by atoms with Crippen LogP contribution in [0.2, 0.25) is 0 Å². The van der Waals surface area contributed by atoms with Crippen molar-refractivity contribution in [2.24, 2.45) is 0 Å². The number of rotatable bonds is 9. The molecule has 0 spiro atoms. The molecule has 1 N–H and O–H groups in total. The minimum atomic E-state index is -2.95. The summed E-state index contributed by atoms with van der Waals surface area (Å²) < 4.78 is 36.3. The molecule has 0 atom stereocenters. The number of benzene rings is 1. The summed E-state index contributed by atoms with van der Waals surface area (Å²) in [5.41, 5.74) is 1.38. The summed E-state index contributed by atoms with van der Waals surface area (Å²) in [6.07, 6.45) is 2.45. The van der Waals surface area contributed by atoms with Crippen LogP contribution in [-0.2, 0) is 6.54 Å². The van der Waals surface area contributed by atoms with Gasteiger partial charge in [-0.25, -0.2) is 0 Å². The van der Waals surface area contributed by atoms with E-state index in [4.69, 9.17) is 4.74 Å². The first-order chi connectivity index (χ1) is 12.0. The second-order valence-corrected chi connectivity index (χ2v) is 5.28. The van der Waals surface area contributed by atoms with Crippen molar-refractivity contribution in [2.75, 3.05) is 13.2 Å². The monoisotopic (exact) mass is 353 g/mol. The highest BCUT2D eigenvalue weighted by molar-refractivity contribution is 5.94. The lowest BCUT2D eigenvalue weighted by Crippen LogP contribution is -2.25. The molecule has 0 radical (unpaired) electrons. The summed E-state index contributed by atoms with van der Waals surface area (Å²) in [6.45, 7) is 2.17. The Hall–Kier alpha value is -2.64. The van der Waals surface area contributed by atoms with Gasteiger partial charge in [0.05, 0.1) is 6.61 Å². The van der Waals surface area contributed by atoms with Crippen molar-refractivity contribution in [1.82, 2.24) is 15.1 Å². The number of ether oxygens (including phenoxy) is 2. The topological polar surface area (TPSA) is 65.4 Å². The predicted molar refractivity (Wildman–Crippen MR) is 88.2 cm³/mol. The molecular weight excluding hydrogens is 332 g/mol. The van der Waals surface area contributed by atoms with E-state index in [9.17, 15) is 13.6 Å². The number of amides is 1. The van der Waals surface area contributed by atoms with Crippen LogP contribution in [0.3, 0.4) is 0 Å². The van der Waals surface area contributed by atoms with Crippen molar-refractivity contribution in [3.63, 3.8) is 0 Å². The maximum atomic E-state index is 12.4. The normalized spacial score (nSPS) is 10.8. The van der Waals surface area contributed by atoms with E-state index in [1.54, 1.807) is 13.1 Å². The van der Waals surface area contributed by atoms with Crippen LogP contribution in [-0.4, -0.2) is 35.5 Å². The lowest BCUT2D eigenvalue weighted by atomic mass is 10.2. The molecule has 0 saturated heterocycles. The van der Waals surface area contributed by atoms with E-state index in [-0.39, 0.29) is 24.0 Å². The van der Waals surface area contributed by atoms with Crippen molar-refractivity contribution in [3.05, 3.63) is 41.7 Å². The maximum absolute atomic E-state index is 12.4. The fourth-order valence-corrected chi connectivity index (χ4v) is 2.28. The first-order valence-corrected chi connectivity index (χ1v) is 7.99. The smallest absolute Gasteiger partial charge is 0.387 e. The Kier molecular flexibility index (Phi) is 6.73. The van der Waals surface area contributed by atoms with Crippen LogP contribution < -0.4 is 14.8 Å². The van der Waals surface area contributed by atoms with E-state index in [1.807, 2.05) is 17.7 Å². The predicted octanol–water partition coefficient (Wildman–Crippen LogP) is 3.01. The molecule has 0 unspecified atom stereocenters. The van der Waals surface area contributed by atoms with Crippen molar-refractivity contribution in [2.45, 2.75) is 33.4 Å². The average molecular weight is 353 g/mol. The number of nitrogens with zero attached hydrogens (tertiary/aromatic N) is 2. The molecule has 0 saturated carbocycles. The highest BCUT2D eigenvalue weighted by atomic mass is 19.3. The van der Waals surface area contributed by atoms with Crippen LogP contribution in [0.15, 0.2) is 30.5 Å². The molecule has 1 amide bonds. The first kappa shape index (κ1) is 18.7. The van der Waals surface area contributed by atoms with Crippen LogP contribution in [0.5, 0.6) is 11.5 Å². The molecule has 2 rings (SSSR count). The fraction of sp³-hybridized carbons (Fsp3) is 0.412. The van der Waals surface area contributed by atoms with E-state index in [2.05, 4.69) is 15.2 Å². The number of carbonyl (C=O) groups excluding carboxylic acids is 1. The van der Waals surface area contributed by atoms with Gasteiger partial charge in [0, 0.05) is 30.5 Å². The van der Waals surface area contributed by atoms with Gasteiger partial charge in [0.25, 0.3) is 5.91 Å². The molecule has 1 aromatic carbocycles. The maximum Gasteiger partial charge on any atom is 0.387 e. The third-order valence-electron chi connectivity index (χ3n) is 3.48. The summed E-state index contributed by atoms with van der Waals surface area (Å²) in [7, 11) is 0. The number of carbonyl (C=O) groups is 1. The Morgan fingerprint density at radius 1 is 1.32 bits per heavy atom. The first-order valence-electron chi connectivity index (χ1n) is 7.99. The van der Waals surface area contributed by atoms with Gasteiger partial charge in [0.1, 0.15) is 0 Å². The minimum Gasteiger partial charge on any atom is -0.490 e. The highest BCUT2D eigenvalue weighted by Gasteiger charge is 2.14. The number of halogens is 2. The van der Waals surface area contributed by atoms with Gasteiger partial charge in [-0.05, 0) is 44.5 Å². The number of nitrogens with one attached hydrogen (secondary N) is 1. The number of alkyl halides is 2. The number of aryl methyl sites for hydroxylation is 2. The Morgan fingerprint density at radius 3 is 2.76 bits per heavy atom. The second kappa shape index (κ2) is 9.00. The molecule has 2 aromatic rings. The van der Waals surface area contributed by atoms with E-state index < -0.39 is 6.61 Å². The molecule has 0 fully saturated rings. The summed E-state index contributed by atoms with van der Waals surface area (Å²) in [4.78, 5) is 12.2. The quantitative estimate of drug-likeness (QED) is 0.704. The zero-order chi connectivity index (χ0) is 18.2. The highest BCUT2D eigenvalue weighted by Crippen LogP contribution is 2.29.